The number of aromatic nitrogens is 3. The lowest BCUT2D eigenvalue weighted by Crippen LogP contribution is -1.99. The van der Waals surface area contributed by atoms with E-state index >= 15 is 0 Å². The van der Waals surface area contributed by atoms with Gasteiger partial charge in [-0.2, -0.15) is 15.4 Å². The summed E-state index contributed by atoms with van der Waals surface area (Å²) in [7, 11) is 0. The Kier molecular flexibility index (Phi) is 2.12. The smallest absolute Gasteiger partial charge is 0.136 e. The summed E-state index contributed by atoms with van der Waals surface area (Å²) in [5.41, 5.74) is 2.87. The third kappa shape index (κ3) is 1.47. The average Bonchev–Trinajstić information content (AvgIpc) is 2.62. The van der Waals surface area contributed by atoms with Gasteiger partial charge in [0.25, 0.3) is 0 Å². The highest BCUT2D eigenvalue weighted by Crippen LogP contribution is 2.18. The highest BCUT2D eigenvalue weighted by molar-refractivity contribution is 5.87. The minimum Gasteiger partial charge on any atom is -0.383 e. The second-order valence-electron chi connectivity index (χ2n) is 2.92. The number of aromatic amines is 1. The molecule has 0 amide bonds. The molecule has 0 atom stereocenters. The molecular formula is C9H12N4. The van der Waals surface area contributed by atoms with Gasteiger partial charge in [-0.15, -0.1) is 0 Å². The first-order chi connectivity index (χ1) is 6.42. The molecule has 0 aliphatic heterocycles. The predicted octanol–water partition coefficient (Wildman–Crippen LogP) is 1.78. The quantitative estimate of drug-likeness (QED) is 0.749. The Morgan fingerprint density at radius 1 is 1.38 bits per heavy atom. The maximum Gasteiger partial charge on any atom is 0.136 e. The fourth-order valence-electron chi connectivity index (χ4n) is 1.27. The molecule has 1 heterocycles. The van der Waals surface area contributed by atoms with Gasteiger partial charge in [-0.3, -0.25) is 0 Å². The number of hydrogen-bond donors (Lipinski definition) is 2. The summed E-state index contributed by atoms with van der Waals surface area (Å²) in [6.07, 6.45) is 1.11. The molecule has 2 N–H and O–H groups in total. The molecule has 0 unspecified atom stereocenters. The van der Waals surface area contributed by atoms with Crippen molar-refractivity contribution in [2.75, 3.05) is 11.9 Å². The Bertz CT molecular complexity index is 393. The van der Waals surface area contributed by atoms with E-state index in [9.17, 15) is 0 Å². The molecule has 4 heteroatoms. The van der Waals surface area contributed by atoms with Crippen LogP contribution in [0.2, 0.25) is 0 Å². The lowest BCUT2D eigenvalue weighted by Gasteiger charge is -2.03. The lowest BCUT2D eigenvalue weighted by atomic mass is 10.2. The van der Waals surface area contributed by atoms with Crippen LogP contribution in [-0.2, 0) is 0 Å². The summed E-state index contributed by atoms with van der Waals surface area (Å²) in [4.78, 5) is 0. The van der Waals surface area contributed by atoms with Crippen molar-refractivity contribution in [2.45, 2.75) is 13.3 Å². The van der Waals surface area contributed by atoms with Crippen LogP contribution >= 0.6 is 0 Å². The fourth-order valence-corrected chi connectivity index (χ4v) is 1.27. The van der Waals surface area contributed by atoms with Crippen LogP contribution in [0.15, 0.2) is 18.2 Å². The number of hydrogen-bond acceptors (Lipinski definition) is 3. The number of anilines is 1. The van der Waals surface area contributed by atoms with E-state index in [2.05, 4.69) is 27.7 Å². The van der Waals surface area contributed by atoms with E-state index in [0.717, 1.165) is 29.7 Å². The summed E-state index contributed by atoms with van der Waals surface area (Å²) < 4.78 is 0. The molecule has 1 aromatic carbocycles. The topological polar surface area (TPSA) is 53.6 Å². The second-order valence-corrected chi connectivity index (χ2v) is 2.92. The van der Waals surface area contributed by atoms with Gasteiger partial charge in [0.2, 0.25) is 0 Å². The number of fused-ring (bicyclic) bond motifs is 1. The summed E-state index contributed by atoms with van der Waals surface area (Å²) in [6, 6.07) is 5.93. The van der Waals surface area contributed by atoms with Crippen LogP contribution in [0, 0.1) is 0 Å². The third-order valence-electron chi connectivity index (χ3n) is 1.91. The molecule has 68 valence electrons. The lowest BCUT2D eigenvalue weighted by molar-refractivity contribution is 0.956. The van der Waals surface area contributed by atoms with Crippen molar-refractivity contribution in [1.29, 1.82) is 0 Å². The zero-order valence-electron chi connectivity index (χ0n) is 7.54. The SMILES string of the molecule is CCCNc1cccc2n[nH]nc12. The van der Waals surface area contributed by atoms with Crippen molar-refractivity contribution in [1.82, 2.24) is 15.4 Å². The first-order valence-corrected chi connectivity index (χ1v) is 4.45. The van der Waals surface area contributed by atoms with Crippen LogP contribution in [-0.4, -0.2) is 22.0 Å². The van der Waals surface area contributed by atoms with E-state index in [1.54, 1.807) is 0 Å². The number of H-pyrrole nitrogens is 1. The van der Waals surface area contributed by atoms with Gasteiger partial charge in [0.1, 0.15) is 11.0 Å². The molecule has 0 saturated heterocycles. The molecule has 0 radical (unpaired) electrons. The monoisotopic (exact) mass is 176 g/mol. The molecular weight excluding hydrogens is 164 g/mol. The van der Waals surface area contributed by atoms with E-state index in [4.69, 9.17) is 0 Å². The van der Waals surface area contributed by atoms with Crippen LogP contribution < -0.4 is 5.32 Å². The molecule has 0 aliphatic rings. The molecule has 0 spiro atoms. The Labute approximate surface area is 76.3 Å². The standard InChI is InChI=1S/C9H12N4/c1-2-6-10-7-4-3-5-8-9(7)12-13-11-8/h3-5,10H,2,6H2,1H3,(H,11,12,13). The minimum atomic E-state index is 0.904. The van der Waals surface area contributed by atoms with Gasteiger partial charge in [-0.25, -0.2) is 0 Å². The number of nitrogens with zero attached hydrogens (tertiary/aromatic N) is 2. The first-order valence-electron chi connectivity index (χ1n) is 4.45. The molecule has 1 aromatic heterocycles. The number of para-hydroxylation sites is 1. The van der Waals surface area contributed by atoms with E-state index in [0.29, 0.717) is 0 Å². The number of nitrogens with one attached hydrogen (secondary N) is 2. The Morgan fingerprint density at radius 2 is 2.31 bits per heavy atom. The van der Waals surface area contributed by atoms with Crippen LogP contribution in [0.3, 0.4) is 0 Å². The summed E-state index contributed by atoms with van der Waals surface area (Å²) in [5, 5.41) is 14.0. The normalized spacial score (nSPS) is 10.5. The molecule has 0 bridgehead atoms. The Morgan fingerprint density at radius 3 is 3.15 bits per heavy atom. The maximum atomic E-state index is 4.07. The minimum absolute atomic E-state index is 0.904. The van der Waals surface area contributed by atoms with Crippen molar-refractivity contribution >= 4 is 16.7 Å². The Hall–Kier alpha value is -1.58. The molecule has 2 aromatic rings. The first kappa shape index (κ1) is 8.04. The van der Waals surface area contributed by atoms with Gasteiger partial charge >= 0.3 is 0 Å². The molecule has 0 fully saturated rings. The van der Waals surface area contributed by atoms with Crippen molar-refractivity contribution < 1.29 is 0 Å². The largest absolute Gasteiger partial charge is 0.383 e. The summed E-state index contributed by atoms with van der Waals surface area (Å²) >= 11 is 0. The molecule has 4 nitrogen and oxygen atoms in total. The van der Waals surface area contributed by atoms with Gasteiger partial charge in [0.15, 0.2) is 0 Å². The summed E-state index contributed by atoms with van der Waals surface area (Å²) in [6.45, 7) is 3.10. The second kappa shape index (κ2) is 3.43. The van der Waals surface area contributed by atoms with Gasteiger partial charge in [-0.05, 0) is 18.6 Å². The van der Waals surface area contributed by atoms with Gasteiger partial charge in [-0.1, -0.05) is 13.0 Å². The summed E-state index contributed by atoms with van der Waals surface area (Å²) in [5.74, 6) is 0. The predicted molar refractivity (Wildman–Crippen MR) is 52.7 cm³/mol. The maximum absolute atomic E-state index is 4.07. The number of benzene rings is 1. The van der Waals surface area contributed by atoms with E-state index in [-0.39, 0.29) is 0 Å². The van der Waals surface area contributed by atoms with Crippen LogP contribution in [0.25, 0.3) is 11.0 Å². The van der Waals surface area contributed by atoms with Crippen molar-refractivity contribution in [3.8, 4) is 0 Å². The zero-order valence-corrected chi connectivity index (χ0v) is 7.54. The Balaban J connectivity index is 2.37. The van der Waals surface area contributed by atoms with Crippen molar-refractivity contribution in [3.63, 3.8) is 0 Å². The molecule has 0 aliphatic carbocycles. The zero-order chi connectivity index (χ0) is 9.10. The molecule has 2 rings (SSSR count). The highest BCUT2D eigenvalue weighted by atomic mass is 15.3. The van der Waals surface area contributed by atoms with Crippen LogP contribution in [0.4, 0.5) is 5.69 Å². The molecule has 13 heavy (non-hydrogen) atoms. The highest BCUT2D eigenvalue weighted by Gasteiger charge is 2.02. The fraction of sp³-hybridized carbons (Fsp3) is 0.333. The van der Waals surface area contributed by atoms with E-state index in [1.807, 2.05) is 18.2 Å². The van der Waals surface area contributed by atoms with E-state index in [1.165, 1.54) is 0 Å². The van der Waals surface area contributed by atoms with E-state index < -0.39 is 0 Å². The van der Waals surface area contributed by atoms with Gasteiger partial charge in [0.05, 0.1) is 5.69 Å². The van der Waals surface area contributed by atoms with Crippen molar-refractivity contribution in [3.05, 3.63) is 18.2 Å². The van der Waals surface area contributed by atoms with Gasteiger partial charge < -0.3 is 5.32 Å². The molecule has 0 saturated carbocycles. The number of rotatable bonds is 3. The third-order valence-corrected chi connectivity index (χ3v) is 1.91. The van der Waals surface area contributed by atoms with Gasteiger partial charge in [0, 0.05) is 6.54 Å². The van der Waals surface area contributed by atoms with Crippen LogP contribution in [0.5, 0.6) is 0 Å². The van der Waals surface area contributed by atoms with Crippen molar-refractivity contribution in [2.24, 2.45) is 0 Å². The van der Waals surface area contributed by atoms with Crippen LogP contribution in [0.1, 0.15) is 13.3 Å². The average molecular weight is 176 g/mol.